The van der Waals surface area contributed by atoms with E-state index in [1.807, 2.05) is 13.8 Å². The van der Waals surface area contributed by atoms with Crippen LogP contribution in [0, 0.1) is 5.41 Å². The van der Waals surface area contributed by atoms with Gasteiger partial charge in [0.05, 0.1) is 5.69 Å². The van der Waals surface area contributed by atoms with Crippen LogP contribution < -0.4 is 0 Å². The molecule has 0 unspecified atom stereocenters. The van der Waals surface area contributed by atoms with Gasteiger partial charge in [0.25, 0.3) is 0 Å². The van der Waals surface area contributed by atoms with Crippen molar-refractivity contribution in [2.45, 2.75) is 50.9 Å². The van der Waals surface area contributed by atoms with Crippen molar-refractivity contribution in [2.75, 3.05) is 0 Å². The third kappa shape index (κ3) is 4.01. The second-order valence-electron chi connectivity index (χ2n) is 5.66. The highest BCUT2D eigenvalue weighted by Crippen LogP contribution is 2.41. The van der Waals surface area contributed by atoms with Crippen LogP contribution in [0.5, 0.6) is 0 Å². The summed E-state index contributed by atoms with van der Waals surface area (Å²) < 4.78 is 0.183. The zero-order valence-electron chi connectivity index (χ0n) is 10.8. The second-order valence-corrected chi connectivity index (χ2v) is 7.94. The summed E-state index contributed by atoms with van der Waals surface area (Å²) in [6.45, 7) is 10.3. The molecule has 98 valence electrons. The monoisotopic (exact) mass is 297 g/mol. The molecule has 0 atom stereocenters. The van der Waals surface area contributed by atoms with Gasteiger partial charge in [0.15, 0.2) is 0 Å². The van der Waals surface area contributed by atoms with E-state index in [4.69, 9.17) is 34.8 Å². The van der Waals surface area contributed by atoms with Crippen molar-refractivity contribution in [1.29, 1.82) is 0 Å². The normalized spacial score (nSPS) is 13.5. The molecule has 0 N–H and O–H groups in total. The van der Waals surface area contributed by atoms with Gasteiger partial charge in [0.2, 0.25) is 3.79 Å². The third-order valence-electron chi connectivity index (χ3n) is 2.22. The summed E-state index contributed by atoms with van der Waals surface area (Å²) in [7, 11) is 0. The number of alkyl halides is 3. The molecular formula is C11H18Cl3N3. The lowest BCUT2D eigenvalue weighted by molar-refractivity contribution is 0.404. The molecule has 17 heavy (non-hydrogen) atoms. The number of halogens is 3. The minimum Gasteiger partial charge on any atom is -0.242 e. The fourth-order valence-corrected chi connectivity index (χ4v) is 2.19. The maximum absolute atomic E-state index is 6.01. The maximum Gasteiger partial charge on any atom is 0.234 e. The molecule has 0 aromatic carbocycles. The quantitative estimate of drug-likeness (QED) is 0.763. The van der Waals surface area contributed by atoms with Crippen LogP contribution in [0.15, 0.2) is 0 Å². The van der Waals surface area contributed by atoms with Crippen LogP contribution in [-0.4, -0.2) is 15.0 Å². The first-order valence-electron chi connectivity index (χ1n) is 5.53. The third-order valence-corrected chi connectivity index (χ3v) is 2.76. The average molecular weight is 299 g/mol. The van der Waals surface area contributed by atoms with Gasteiger partial charge in [-0.15, -0.1) is 5.10 Å². The summed E-state index contributed by atoms with van der Waals surface area (Å²) in [5.41, 5.74) is 1.40. The fourth-order valence-electron chi connectivity index (χ4n) is 1.60. The van der Waals surface area contributed by atoms with E-state index >= 15 is 0 Å². The summed E-state index contributed by atoms with van der Waals surface area (Å²) in [4.78, 5) is 0. The van der Waals surface area contributed by atoms with Gasteiger partial charge < -0.3 is 0 Å². The largest absolute Gasteiger partial charge is 0.242 e. The van der Waals surface area contributed by atoms with Gasteiger partial charge in [-0.05, 0) is 25.7 Å². The number of aromatic nitrogens is 3. The zero-order chi connectivity index (χ0) is 13.4. The Labute approximate surface area is 117 Å². The lowest BCUT2D eigenvalue weighted by atomic mass is 9.90. The average Bonchev–Trinajstić information content (AvgIpc) is 2.43. The van der Waals surface area contributed by atoms with E-state index in [1.54, 1.807) is 4.68 Å². The van der Waals surface area contributed by atoms with Gasteiger partial charge in [-0.1, -0.05) is 60.8 Å². The summed E-state index contributed by atoms with van der Waals surface area (Å²) in [6, 6.07) is 0.113. The molecule has 6 heteroatoms. The molecule has 0 amide bonds. The van der Waals surface area contributed by atoms with Gasteiger partial charge >= 0.3 is 0 Å². The predicted octanol–water partition coefficient (Wildman–Crippen LogP) is 4.27. The Morgan fingerprint density at radius 2 is 1.71 bits per heavy atom. The molecule has 0 radical (unpaired) electrons. The zero-order valence-corrected chi connectivity index (χ0v) is 13.0. The Morgan fingerprint density at radius 3 is 2.06 bits per heavy atom. The molecule has 0 aliphatic rings. The van der Waals surface area contributed by atoms with E-state index in [0.717, 1.165) is 12.1 Å². The van der Waals surface area contributed by atoms with Crippen LogP contribution in [0.25, 0.3) is 0 Å². The molecule has 0 bridgehead atoms. The lowest BCUT2D eigenvalue weighted by Crippen LogP contribution is -2.18. The van der Waals surface area contributed by atoms with E-state index in [9.17, 15) is 0 Å². The molecule has 1 rings (SSSR count). The van der Waals surface area contributed by atoms with Crippen molar-refractivity contribution >= 4 is 34.8 Å². The molecule has 0 saturated carbocycles. The molecular weight excluding hydrogens is 281 g/mol. The Kier molecular flexibility index (Phi) is 4.38. The lowest BCUT2D eigenvalue weighted by Gasteiger charge is -2.21. The van der Waals surface area contributed by atoms with Crippen LogP contribution in [0.3, 0.4) is 0 Å². The minimum atomic E-state index is -1.49. The fraction of sp³-hybridized carbons (Fsp3) is 0.818. The van der Waals surface area contributed by atoms with Crippen molar-refractivity contribution in [1.82, 2.24) is 15.0 Å². The first-order valence-corrected chi connectivity index (χ1v) is 6.67. The van der Waals surface area contributed by atoms with Crippen molar-refractivity contribution < 1.29 is 0 Å². The standard InChI is InChI=1S/C11H18Cl3N3/c1-7(2)17-9(11(12,13)14)8(15-16-17)6-10(3,4)5/h7H,6H2,1-5H3. The van der Waals surface area contributed by atoms with Crippen LogP contribution in [0.1, 0.15) is 52.0 Å². The number of hydrogen-bond acceptors (Lipinski definition) is 2. The SMILES string of the molecule is CC(C)n1nnc(CC(C)(C)C)c1C(Cl)(Cl)Cl. The molecule has 0 fully saturated rings. The molecule has 1 aromatic heterocycles. The van der Waals surface area contributed by atoms with Gasteiger partial charge in [-0.25, -0.2) is 4.68 Å². The molecule has 0 aliphatic heterocycles. The van der Waals surface area contributed by atoms with Crippen LogP contribution in [-0.2, 0) is 10.2 Å². The molecule has 3 nitrogen and oxygen atoms in total. The Balaban J connectivity index is 3.24. The van der Waals surface area contributed by atoms with Crippen molar-refractivity contribution in [3.05, 3.63) is 11.4 Å². The predicted molar refractivity (Wildman–Crippen MR) is 72.8 cm³/mol. The first-order chi connectivity index (χ1) is 7.52. The highest BCUT2D eigenvalue weighted by molar-refractivity contribution is 6.66. The van der Waals surface area contributed by atoms with Gasteiger partial charge in [-0.2, -0.15) is 0 Å². The number of hydrogen-bond donors (Lipinski definition) is 0. The number of nitrogens with zero attached hydrogens (tertiary/aromatic N) is 3. The van der Waals surface area contributed by atoms with Crippen molar-refractivity contribution in [2.24, 2.45) is 5.41 Å². The molecule has 0 aliphatic carbocycles. The van der Waals surface area contributed by atoms with Crippen LogP contribution >= 0.6 is 34.8 Å². The van der Waals surface area contributed by atoms with E-state index in [1.165, 1.54) is 0 Å². The van der Waals surface area contributed by atoms with Gasteiger partial charge in [0, 0.05) is 6.04 Å². The summed E-state index contributed by atoms with van der Waals surface area (Å²) in [5, 5.41) is 8.23. The van der Waals surface area contributed by atoms with E-state index in [-0.39, 0.29) is 11.5 Å². The van der Waals surface area contributed by atoms with Crippen molar-refractivity contribution in [3.63, 3.8) is 0 Å². The van der Waals surface area contributed by atoms with Crippen LogP contribution in [0.2, 0.25) is 0 Å². The molecule has 0 saturated heterocycles. The summed E-state index contributed by atoms with van der Waals surface area (Å²) in [6.07, 6.45) is 0.725. The molecule has 1 aromatic rings. The minimum absolute atomic E-state index is 0.0719. The van der Waals surface area contributed by atoms with E-state index in [2.05, 4.69) is 31.1 Å². The topological polar surface area (TPSA) is 30.7 Å². The smallest absolute Gasteiger partial charge is 0.234 e. The molecule has 0 spiro atoms. The first kappa shape index (κ1) is 15.1. The number of rotatable bonds is 2. The van der Waals surface area contributed by atoms with Gasteiger partial charge in [-0.3, -0.25) is 0 Å². The second kappa shape index (κ2) is 4.94. The Morgan fingerprint density at radius 1 is 1.18 bits per heavy atom. The van der Waals surface area contributed by atoms with E-state index < -0.39 is 3.79 Å². The van der Waals surface area contributed by atoms with Crippen molar-refractivity contribution in [3.8, 4) is 0 Å². The Hall–Kier alpha value is 0.01000. The highest BCUT2D eigenvalue weighted by Gasteiger charge is 2.34. The molecule has 1 heterocycles. The summed E-state index contributed by atoms with van der Waals surface area (Å²) >= 11 is 18.0. The highest BCUT2D eigenvalue weighted by atomic mass is 35.6. The van der Waals surface area contributed by atoms with Crippen LogP contribution in [0.4, 0.5) is 0 Å². The maximum atomic E-state index is 6.01. The van der Waals surface area contributed by atoms with E-state index in [0.29, 0.717) is 5.69 Å². The summed E-state index contributed by atoms with van der Waals surface area (Å²) in [5.74, 6) is 0. The Bertz CT molecular complexity index is 386. The van der Waals surface area contributed by atoms with Gasteiger partial charge in [0.1, 0.15) is 5.69 Å².